The highest BCUT2D eigenvalue weighted by Crippen LogP contribution is 2.37. The Morgan fingerprint density at radius 3 is 2.56 bits per heavy atom. The van der Waals surface area contributed by atoms with Crippen LogP contribution in [0.3, 0.4) is 0 Å². The molecule has 0 spiro atoms. The number of fused-ring (bicyclic) bond motifs is 2. The Labute approximate surface area is 114 Å². The van der Waals surface area contributed by atoms with Crippen molar-refractivity contribution in [3.63, 3.8) is 0 Å². The molecule has 1 amide bonds. The topological polar surface area (TPSA) is 46.3 Å². The second-order valence-corrected chi connectivity index (χ2v) is 5.30. The van der Waals surface area contributed by atoms with Crippen LogP contribution in [0.4, 0.5) is 5.69 Å². The third-order valence-corrected chi connectivity index (χ3v) is 4.06. The number of anilines is 1. The van der Waals surface area contributed by atoms with E-state index in [1.165, 1.54) is 19.3 Å². The molecule has 1 aromatic rings. The van der Waals surface area contributed by atoms with Crippen molar-refractivity contribution >= 4 is 24.0 Å². The van der Waals surface area contributed by atoms with E-state index >= 15 is 0 Å². The first-order valence-electron chi connectivity index (χ1n) is 6.36. The quantitative estimate of drug-likeness (QED) is 0.835. The predicted molar refractivity (Wildman–Crippen MR) is 74.6 cm³/mol. The normalized spacial score (nSPS) is 25.0. The fourth-order valence-electron chi connectivity index (χ4n) is 3.14. The molecule has 2 atom stereocenters. The molecule has 0 radical (unpaired) electrons. The maximum atomic E-state index is 12.2. The van der Waals surface area contributed by atoms with Crippen LogP contribution in [0.2, 0.25) is 0 Å². The van der Waals surface area contributed by atoms with Crippen molar-refractivity contribution in [3.05, 3.63) is 29.8 Å². The van der Waals surface area contributed by atoms with Gasteiger partial charge in [-0.3, -0.25) is 4.79 Å². The third kappa shape index (κ3) is 2.46. The highest BCUT2D eigenvalue weighted by molar-refractivity contribution is 5.85. The number of nitrogens with zero attached hydrogens (tertiary/aromatic N) is 1. The summed E-state index contributed by atoms with van der Waals surface area (Å²) in [4.78, 5) is 14.3. The monoisotopic (exact) mass is 266 g/mol. The summed E-state index contributed by atoms with van der Waals surface area (Å²) >= 11 is 0. The lowest BCUT2D eigenvalue weighted by Crippen LogP contribution is -2.38. The number of amides is 1. The molecule has 1 saturated heterocycles. The highest BCUT2D eigenvalue weighted by atomic mass is 35.5. The van der Waals surface area contributed by atoms with E-state index in [0.717, 1.165) is 23.7 Å². The second-order valence-electron chi connectivity index (χ2n) is 5.30. The number of carbonyl (C=O) groups is 1. The average Bonchev–Trinajstić information content (AvgIpc) is 2.94. The van der Waals surface area contributed by atoms with E-state index in [9.17, 15) is 4.79 Å². The molecule has 18 heavy (non-hydrogen) atoms. The number of piperidine rings is 1. The summed E-state index contributed by atoms with van der Waals surface area (Å²) in [5.74, 6) is 1.05. The van der Waals surface area contributed by atoms with Crippen molar-refractivity contribution < 1.29 is 4.79 Å². The van der Waals surface area contributed by atoms with Gasteiger partial charge in [-0.1, -0.05) is 12.1 Å². The lowest BCUT2D eigenvalue weighted by atomic mass is 10.1. The molecule has 3 nitrogen and oxygen atoms in total. The fourth-order valence-corrected chi connectivity index (χ4v) is 3.14. The van der Waals surface area contributed by atoms with Gasteiger partial charge in [0.2, 0.25) is 5.91 Å². The minimum Gasteiger partial charge on any atom is -0.399 e. The number of hydrogen-bond donors (Lipinski definition) is 1. The second kappa shape index (κ2) is 5.19. The van der Waals surface area contributed by atoms with Gasteiger partial charge in [-0.15, -0.1) is 12.4 Å². The highest BCUT2D eigenvalue weighted by Gasteiger charge is 2.39. The molecule has 0 aromatic heterocycles. The van der Waals surface area contributed by atoms with E-state index in [4.69, 9.17) is 5.73 Å². The number of nitrogens with two attached hydrogens (primary N) is 1. The van der Waals surface area contributed by atoms with Gasteiger partial charge in [0.05, 0.1) is 6.42 Å². The summed E-state index contributed by atoms with van der Waals surface area (Å²) in [6.45, 7) is 0.985. The first kappa shape index (κ1) is 13.2. The maximum absolute atomic E-state index is 12.2. The molecule has 1 saturated carbocycles. The number of nitrogen functional groups attached to an aromatic ring is 1. The van der Waals surface area contributed by atoms with E-state index in [0.29, 0.717) is 12.5 Å². The molecule has 2 bridgehead atoms. The number of carbonyl (C=O) groups excluding carboxylic acids is 1. The fraction of sp³-hybridized carbons (Fsp3) is 0.500. The van der Waals surface area contributed by atoms with Crippen molar-refractivity contribution in [1.82, 2.24) is 4.90 Å². The minimum absolute atomic E-state index is 0. The van der Waals surface area contributed by atoms with Gasteiger partial charge in [0.25, 0.3) is 0 Å². The molecule has 2 aliphatic rings. The zero-order valence-corrected chi connectivity index (χ0v) is 11.2. The van der Waals surface area contributed by atoms with Gasteiger partial charge in [0.1, 0.15) is 0 Å². The van der Waals surface area contributed by atoms with Crippen molar-refractivity contribution in [1.29, 1.82) is 0 Å². The molecule has 4 heteroatoms. The number of hydrogen-bond acceptors (Lipinski definition) is 2. The van der Waals surface area contributed by atoms with Crippen molar-refractivity contribution in [2.75, 3.05) is 12.3 Å². The Morgan fingerprint density at radius 2 is 2.00 bits per heavy atom. The van der Waals surface area contributed by atoms with Gasteiger partial charge >= 0.3 is 0 Å². The van der Waals surface area contributed by atoms with E-state index in [1.54, 1.807) is 0 Å². The van der Waals surface area contributed by atoms with E-state index < -0.39 is 0 Å². The molecule has 98 valence electrons. The molecule has 1 aromatic carbocycles. The molecule has 3 rings (SSSR count). The van der Waals surface area contributed by atoms with Crippen LogP contribution < -0.4 is 5.73 Å². The number of halogens is 1. The van der Waals surface area contributed by atoms with Crippen molar-refractivity contribution in [2.45, 2.75) is 31.7 Å². The Morgan fingerprint density at radius 1 is 1.28 bits per heavy atom. The molecule has 1 aliphatic carbocycles. The Kier molecular flexibility index (Phi) is 3.81. The summed E-state index contributed by atoms with van der Waals surface area (Å²) in [5.41, 5.74) is 7.45. The molecule has 1 heterocycles. The van der Waals surface area contributed by atoms with Gasteiger partial charge in [-0.2, -0.15) is 0 Å². The number of likely N-dealkylation sites (tertiary alicyclic amines) is 1. The molecule has 2 N–H and O–H groups in total. The lowest BCUT2D eigenvalue weighted by Gasteiger charge is -2.27. The zero-order valence-electron chi connectivity index (χ0n) is 10.3. The first-order valence-corrected chi connectivity index (χ1v) is 6.36. The zero-order chi connectivity index (χ0) is 11.8. The van der Waals surface area contributed by atoms with Gasteiger partial charge in [0.15, 0.2) is 0 Å². The molecular weight excluding hydrogens is 248 g/mol. The van der Waals surface area contributed by atoms with Crippen molar-refractivity contribution in [3.8, 4) is 0 Å². The lowest BCUT2D eigenvalue weighted by molar-refractivity contribution is -0.132. The predicted octanol–water partition coefficient (Wildman–Crippen LogP) is 2.24. The van der Waals surface area contributed by atoms with Crippen LogP contribution in [-0.2, 0) is 11.2 Å². The van der Waals surface area contributed by atoms with E-state index in [2.05, 4.69) is 4.90 Å². The summed E-state index contributed by atoms with van der Waals surface area (Å²) in [7, 11) is 0. The van der Waals surface area contributed by atoms with Crippen LogP contribution in [0.5, 0.6) is 0 Å². The smallest absolute Gasteiger partial charge is 0.227 e. The van der Waals surface area contributed by atoms with Gasteiger partial charge in [-0.25, -0.2) is 0 Å². The maximum Gasteiger partial charge on any atom is 0.227 e. The van der Waals surface area contributed by atoms with Crippen LogP contribution in [-0.4, -0.2) is 23.4 Å². The van der Waals surface area contributed by atoms with Gasteiger partial charge in [-0.05, 0) is 42.9 Å². The standard InChI is InChI=1S/C14H18N2O.ClH/c15-12-4-1-10(2-5-12)8-14(17)16-9-11-3-6-13(16)7-11;/h1-2,4-5,11,13H,3,6-9,15H2;1H. The molecular formula is C14H19ClN2O. The largest absolute Gasteiger partial charge is 0.399 e. The van der Waals surface area contributed by atoms with Gasteiger partial charge in [0, 0.05) is 18.3 Å². The van der Waals surface area contributed by atoms with Crippen LogP contribution in [0.15, 0.2) is 24.3 Å². The SMILES string of the molecule is Cl.Nc1ccc(CC(=O)N2CC3CCC2C3)cc1. The van der Waals surface area contributed by atoms with Crippen LogP contribution in [0, 0.1) is 5.92 Å². The molecule has 1 aliphatic heterocycles. The Hall–Kier alpha value is -1.22. The summed E-state index contributed by atoms with van der Waals surface area (Å²) in [5, 5.41) is 0. The minimum atomic E-state index is 0. The Bertz CT molecular complexity index is 432. The summed E-state index contributed by atoms with van der Waals surface area (Å²) in [6, 6.07) is 8.14. The van der Waals surface area contributed by atoms with Crippen LogP contribution in [0.25, 0.3) is 0 Å². The molecule has 2 fully saturated rings. The van der Waals surface area contributed by atoms with Gasteiger partial charge < -0.3 is 10.6 Å². The number of rotatable bonds is 2. The van der Waals surface area contributed by atoms with Crippen molar-refractivity contribution in [2.24, 2.45) is 5.92 Å². The summed E-state index contributed by atoms with van der Waals surface area (Å²) in [6.07, 6.45) is 4.27. The summed E-state index contributed by atoms with van der Waals surface area (Å²) < 4.78 is 0. The van der Waals surface area contributed by atoms with Crippen LogP contribution >= 0.6 is 12.4 Å². The first-order chi connectivity index (χ1) is 8.22. The Balaban J connectivity index is 0.00000120. The molecule has 2 unspecified atom stereocenters. The van der Waals surface area contributed by atoms with Crippen LogP contribution in [0.1, 0.15) is 24.8 Å². The van der Waals surface area contributed by atoms with E-state index in [-0.39, 0.29) is 18.3 Å². The average molecular weight is 267 g/mol. The number of benzene rings is 1. The third-order valence-electron chi connectivity index (χ3n) is 4.06. The van der Waals surface area contributed by atoms with E-state index in [1.807, 2.05) is 24.3 Å².